The van der Waals surface area contributed by atoms with E-state index >= 15 is 0 Å². The van der Waals surface area contributed by atoms with Crippen molar-refractivity contribution in [2.45, 2.75) is 26.4 Å². The lowest BCUT2D eigenvalue weighted by Gasteiger charge is -2.05. The molecule has 0 aliphatic heterocycles. The van der Waals surface area contributed by atoms with Crippen molar-refractivity contribution in [3.63, 3.8) is 0 Å². The smallest absolute Gasteiger partial charge is 0.250 e. The summed E-state index contributed by atoms with van der Waals surface area (Å²) in [5.41, 5.74) is 2.36. The van der Waals surface area contributed by atoms with Crippen molar-refractivity contribution < 1.29 is 14.3 Å². The molecule has 0 spiro atoms. The molecule has 1 N–H and O–H groups in total. The van der Waals surface area contributed by atoms with Crippen LogP contribution in [0.3, 0.4) is 0 Å². The molecule has 0 bridgehead atoms. The van der Waals surface area contributed by atoms with Gasteiger partial charge in [-0.15, -0.1) is 5.10 Å². The van der Waals surface area contributed by atoms with Crippen LogP contribution in [0.2, 0.25) is 0 Å². The highest BCUT2D eigenvalue weighted by molar-refractivity contribution is 5.91. The van der Waals surface area contributed by atoms with Gasteiger partial charge in [-0.05, 0) is 18.6 Å². The van der Waals surface area contributed by atoms with Gasteiger partial charge in [0.05, 0.1) is 36.8 Å². The van der Waals surface area contributed by atoms with Gasteiger partial charge in [-0.1, -0.05) is 30.7 Å². The molecule has 0 fully saturated rings. The van der Waals surface area contributed by atoms with E-state index in [1.165, 1.54) is 0 Å². The third kappa shape index (κ3) is 5.60. The molecule has 0 aliphatic rings. The van der Waals surface area contributed by atoms with Crippen molar-refractivity contribution in [1.82, 2.24) is 24.8 Å². The van der Waals surface area contributed by atoms with Crippen molar-refractivity contribution >= 4 is 22.6 Å². The minimum absolute atomic E-state index is 0.0178. The number of para-hydroxylation sites is 1. The van der Waals surface area contributed by atoms with Crippen molar-refractivity contribution in [1.29, 1.82) is 0 Å². The van der Waals surface area contributed by atoms with Gasteiger partial charge in [-0.3, -0.25) is 4.79 Å². The Morgan fingerprint density at radius 1 is 1.19 bits per heavy atom. The first-order valence-electron chi connectivity index (χ1n) is 9.02. The molecule has 0 unspecified atom stereocenters. The molecule has 2 heterocycles. The van der Waals surface area contributed by atoms with E-state index in [2.05, 4.69) is 27.7 Å². The number of carbonyl (C=O) groups excluding carboxylic acids is 1. The van der Waals surface area contributed by atoms with E-state index in [1.807, 2.05) is 24.3 Å². The maximum Gasteiger partial charge on any atom is 0.250 e. The number of amides is 1. The Balaban J connectivity index is 1.42. The van der Waals surface area contributed by atoms with Gasteiger partial charge in [0.1, 0.15) is 18.8 Å². The summed E-state index contributed by atoms with van der Waals surface area (Å²) in [5, 5.41) is 15.2. The van der Waals surface area contributed by atoms with Crippen LogP contribution >= 0.6 is 0 Å². The van der Waals surface area contributed by atoms with Crippen molar-refractivity contribution in [3.05, 3.63) is 36.7 Å². The summed E-state index contributed by atoms with van der Waals surface area (Å²) in [5.74, 6) is -0.227. The largest absolute Gasteiger partial charge is 0.379 e. The first-order chi connectivity index (χ1) is 13.3. The van der Waals surface area contributed by atoms with Crippen LogP contribution in [-0.4, -0.2) is 57.1 Å². The molecular formula is C18H24N6O3. The van der Waals surface area contributed by atoms with Crippen molar-refractivity contribution in [2.24, 2.45) is 0 Å². The summed E-state index contributed by atoms with van der Waals surface area (Å²) in [4.78, 5) is 11.9. The number of nitrogens with one attached hydrogen (secondary N) is 1. The number of unbranched alkanes of at least 4 members (excludes halogenated alkanes) is 1. The molecule has 3 aromatic rings. The van der Waals surface area contributed by atoms with Gasteiger partial charge < -0.3 is 14.8 Å². The number of nitrogens with zero attached hydrogens (tertiary/aromatic N) is 5. The molecular weight excluding hydrogens is 348 g/mol. The molecule has 144 valence electrons. The second kappa shape index (κ2) is 9.79. The Hall–Kier alpha value is -2.78. The van der Waals surface area contributed by atoms with E-state index in [4.69, 9.17) is 9.47 Å². The number of hydrogen-bond donors (Lipinski definition) is 1. The Morgan fingerprint density at radius 3 is 2.93 bits per heavy atom. The number of aromatic nitrogens is 5. The fraction of sp³-hybridized carbons (Fsp3) is 0.444. The molecule has 0 radical (unpaired) electrons. The maximum atomic E-state index is 11.9. The predicted molar refractivity (Wildman–Crippen MR) is 100 cm³/mol. The second-order valence-electron chi connectivity index (χ2n) is 6.05. The number of carbonyl (C=O) groups is 1. The summed E-state index contributed by atoms with van der Waals surface area (Å²) < 4.78 is 14.1. The Bertz CT molecular complexity index is 860. The number of hydrogen-bond acceptors (Lipinski definition) is 6. The highest BCUT2D eigenvalue weighted by Gasteiger charge is 2.07. The number of fused-ring (bicyclic) bond motifs is 1. The molecule has 0 atom stereocenters. The highest BCUT2D eigenvalue weighted by Crippen LogP contribution is 2.11. The van der Waals surface area contributed by atoms with Gasteiger partial charge in [0.15, 0.2) is 0 Å². The van der Waals surface area contributed by atoms with Gasteiger partial charge in [0.2, 0.25) is 5.91 Å². The van der Waals surface area contributed by atoms with Gasteiger partial charge in [-0.2, -0.15) is 5.10 Å². The van der Waals surface area contributed by atoms with E-state index in [9.17, 15) is 4.79 Å². The molecule has 1 amide bonds. The van der Waals surface area contributed by atoms with Gasteiger partial charge >= 0.3 is 0 Å². The molecule has 2 aromatic heterocycles. The summed E-state index contributed by atoms with van der Waals surface area (Å²) in [6.45, 7) is 4.12. The van der Waals surface area contributed by atoms with Gasteiger partial charge in [-0.25, -0.2) is 9.36 Å². The van der Waals surface area contributed by atoms with Crippen LogP contribution in [-0.2, 0) is 20.9 Å². The summed E-state index contributed by atoms with van der Waals surface area (Å²) in [6.07, 6.45) is 5.46. The van der Waals surface area contributed by atoms with Crippen LogP contribution in [0.4, 0.5) is 5.69 Å². The first kappa shape index (κ1) is 19.0. The summed E-state index contributed by atoms with van der Waals surface area (Å²) >= 11 is 0. The Labute approximate surface area is 157 Å². The van der Waals surface area contributed by atoms with E-state index in [0.717, 1.165) is 30.5 Å². The van der Waals surface area contributed by atoms with Crippen LogP contribution in [0, 0.1) is 0 Å². The summed E-state index contributed by atoms with van der Waals surface area (Å²) in [6, 6.07) is 7.71. The van der Waals surface area contributed by atoms with Gasteiger partial charge in [0.25, 0.3) is 0 Å². The molecule has 0 saturated heterocycles. The fourth-order valence-electron chi connectivity index (χ4n) is 2.49. The van der Waals surface area contributed by atoms with Gasteiger partial charge in [0, 0.05) is 6.61 Å². The third-order valence-corrected chi connectivity index (χ3v) is 3.86. The molecule has 1 aromatic carbocycles. The molecule has 9 nitrogen and oxygen atoms in total. The lowest BCUT2D eigenvalue weighted by atomic mass is 10.3. The average molecular weight is 372 g/mol. The number of anilines is 1. The molecule has 9 heteroatoms. The van der Waals surface area contributed by atoms with Crippen LogP contribution in [0.1, 0.15) is 19.8 Å². The Morgan fingerprint density at radius 2 is 2.04 bits per heavy atom. The van der Waals surface area contributed by atoms with Crippen LogP contribution in [0.25, 0.3) is 11.0 Å². The standard InChI is InChI=1S/C18H24N6O3/c1-2-3-8-26-9-10-27-13-18(25)20-15-11-19-23(12-15)14-24-17-7-5-4-6-16(17)21-22-24/h4-7,11-12H,2-3,8-10,13-14H2,1H3,(H,20,25). The van der Waals surface area contributed by atoms with Crippen LogP contribution in [0.5, 0.6) is 0 Å². The van der Waals surface area contributed by atoms with Crippen molar-refractivity contribution in [2.75, 3.05) is 31.7 Å². The zero-order valence-electron chi connectivity index (χ0n) is 15.4. The molecule has 0 aliphatic carbocycles. The van der Waals surface area contributed by atoms with Crippen molar-refractivity contribution in [3.8, 4) is 0 Å². The first-order valence-corrected chi connectivity index (χ1v) is 9.02. The lowest BCUT2D eigenvalue weighted by molar-refractivity contribution is -0.121. The fourth-order valence-corrected chi connectivity index (χ4v) is 2.49. The lowest BCUT2D eigenvalue weighted by Crippen LogP contribution is -2.19. The second-order valence-corrected chi connectivity index (χ2v) is 6.05. The maximum absolute atomic E-state index is 11.9. The van der Waals surface area contributed by atoms with E-state index in [0.29, 0.717) is 25.6 Å². The minimum atomic E-state index is -0.227. The topological polar surface area (TPSA) is 96.1 Å². The van der Waals surface area contributed by atoms with Crippen LogP contribution < -0.4 is 5.32 Å². The minimum Gasteiger partial charge on any atom is -0.379 e. The Kier molecular flexibility index (Phi) is 6.89. The summed E-state index contributed by atoms with van der Waals surface area (Å²) in [7, 11) is 0. The average Bonchev–Trinajstić information content (AvgIpc) is 3.28. The highest BCUT2D eigenvalue weighted by atomic mass is 16.5. The molecule has 27 heavy (non-hydrogen) atoms. The van der Waals surface area contributed by atoms with E-state index < -0.39 is 0 Å². The quantitative estimate of drug-likeness (QED) is 0.517. The number of ether oxygens (including phenoxy) is 2. The van der Waals surface area contributed by atoms with Crippen LogP contribution in [0.15, 0.2) is 36.7 Å². The monoisotopic (exact) mass is 372 g/mol. The number of benzene rings is 1. The zero-order valence-corrected chi connectivity index (χ0v) is 15.4. The third-order valence-electron chi connectivity index (χ3n) is 3.86. The molecule has 3 rings (SSSR count). The SMILES string of the molecule is CCCCOCCOCC(=O)Nc1cnn(Cn2nnc3ccccc32)c1. The predicted octanol–water partition coefficient (Wildman–Crippen LogP) is 1.91. The normalized spacial score (nSPS) is 11.1. The molecule has 0 saturated carbocycles. The number of rotatable bonds is 11. The van der Waals surface area contributed by atoms with E-state index in [1.54, 1.807) is 21.8 Å². The zero-order chi connectivity index (χ0) is 18.9. The van der Waals surface area contributed by atoms with E-state index in [-0.39, 0.29) is 12.5 Å².